The number of hydrogen-bond acceptors (Lipinski definition) is 4. The number of benzene rings is 1. The van der Waals surface area contributed by atoms with Crippen molar-refractivity contribution >= 4 is 6.09 Å². The van der Waals surface area contributed by atoms with Crippen LogP contribution in [-0.2, 0) is 24.9 Å². The minimum atomic E-state index is -0.479. The number of nitrogens with zero attached hydrogens (tertiary/aromatic N) is 4. The van der Waals surface area contributed by atoms with Crippen molar-refractivity contribution in [2.75, 3.05) is 13.1 Å². The molecule has 0 saturated heterocycles. The van der Waals surface area contributed by atoms with Crippen LogP contribution in [0.15, 0.2) is 36.5 Å². The first-order chi connectivity index (χ1) is 14.7. The number of fused-ring (bicyclic) bond motifs is 1. The molecule has 0 spiro atoms. The van der Waals surface area contributed by atoms with E-state index in [9.17, 15) is 4.79 Å². The molecular weight excluding hydrogens is 388 g/mol. The van der Waals surface area contributed by atoms with Gasteiger partial charge in [0.2, 0.25) is 0 Å². The molecule has 2 saturated carbocycles. The summed E-state index contributed by atoms with van der Waals surface area (Å²) in [5.74, 6) is 0.423. The molecule has 6 nitrogen and oxygen atoms in total. The molecule has 2 atom stereocenters. The summed E-state index contributed by atoms with van der Waals surface area (Å²) in [5, 5.41) is 4.38. The standard InChI is InChI=1S/C25H34N4O2/c1-24(2,3)31-23(30)29(21-12-20(21)18-8-6-5-7-9-18)17-25(10-11-25)16-28-14-19-13-26-27(4)22(19)15-28/h5-9,13,20-21H,10-12,14-17H2,1-4H3. The second kappa shape index (κ2) is 7.37. The van der Waals surface area contributed by atoms with E-state index < -0.39 is 5.60 Å². The predicted octanol–water partition coefficient (Wildman–Crippen LogP) is 4.31. The molecule has 166 valence electrons. The molecule has 0 bridgehead atoms. The van der Waals surface area contributed by atoms with E-state index in [4.69, 9.17) is 4.74 Å². The third-order valence-corrected chi connectivity index (χ3v) is 6.95. The van der Waals surface area contributed by atoms with Gasteiger partial charge in [0.1, 0.15) is 5.60 Å². The normalized spacial score (nSPS) is 24.0. The monoisotopic (exact) mass is 422 g/mol. The molecule has 1 amide bonds. The number of ether oxygens (including phenoxy) is 1. The van der Waals surface area contributed by atoms with Crippen molar-refractivity contribution in [3.63, 3.8) is 0 Å². The first-order valence-corrected chi connectivity index (χ1v) is 11.5. The van der Waals surface area contributed by atoms with Crippen molar-refractivity contribution in [3.05, 3.63) is 53.3 Å². The van der Waals surface area contributed by atoms with Crippen molar-refractivity contribution in [3.8, 4) is 0 Å². The average molecular weight is 423 g/mol. The van der Waals surface area contributed by atoms with Gasteiger partial charge in [-0.1, -0.05) is 30.3 Å². The van der Waals surface area contributed by atoms with Crippen LogP contribution in [0.4, 0.5) is 4.79 Å². The Morgan fingerprint density at radius 3 is 2.61 bits per heavy atom. The molecule has 1 aromatic carbocycles. The lowest BCUT2D eigenvalue weighted by atomic mass is 10.1. The van der Waals surface area contributed by atoms with Crippen LogP contribution in [0, 0.1) is 5.41 Å². The van der Waals surface area contributed by atoms with E-state index >= 15 is 0 Å². The highest BCUT2D eigenvalue weighted by atomic mass is 16.6. The zero-order valence-corrected chi connectivity index (χ0v) is 19.2. The van der Waals surface area contributed by atoms with Crippen LogP contribution in [0.5, 0.6) is 0 Å². The van der Waals surface area contributed by atoms with Gasteiger partial charge in [-0.25, -0.2) is 4.79 Å². The number of aromatic nitrogens is 2. The molecule has 2 heterocycles. The minimum absolute atomic E-state index is 0.156. The summed E-state index contributed by atoms with van der Waals surface area (Å²) < 4.78 is 7.84. The molecular formula is C25H34N4O2. The Kier molecular flexibility index (Phi) is 4.88. The van der Waals surface area contributed by atoms with E-state index in [2.05, 4.69) is 45.2 Å². The molecule has 2 fully saturated rings. The molecule has 3 aliphatic rings. The summed E-state index contributed by atoms with van der Waals surface area (Å²) in [6, 6.07) is 10.8. The van der Waals surface area contributed by atoms with Crippen LogP contribution in [0.2, 0.25) is 0 Å². The molecule has 31 heavy (non-hydrogen) atoms. The van der Waals surface area contributed by atoms with E-state index in [1.54, 1.807) is 0 Å². The van der Waals surface area contributed by atoms with E-state index in [0.29, 0.717) is 5.92 Å². The van der Waals surface area contributed by atoms with Gasteiger partial charge >= 0.3 is 6.09 Å². The van der Waals surface area contributed by atoms with Gasteiger partial charge in [0.25, 0.3) is 0 Å². The van der Waals surface area contributed by atoms with Crippen LogP contribution in [0.1, 0.15) is 62.8 Å². The van der Waals surface area contributed by atoms with Gasteiger partial charge in [0, 0.05) is 56.2 Å². The maximum Gasteiger partial charge on any atom is 0.410 e. The van der Waals surface area contributed by atoms with Crippen LogP contribution < -0.4 is 0 Å². The Hall–Kier alpha value is -2.34. The lowest BCUT2D eigenvalue weighted by molar-refractivity contribution is 0.0169. The number of aryl methyl sites for hydroxylation is 1. The van der Waals surface area contributed by atoms with Crippen LogP contribution in [0.25, 0.3) is 0 Å². The van der Waals surface area contributed by atoms with Crippen LogP contribution >= 0.6 is 0 Å². The first kappa shape index (κ1) is 20.6. The Bertz CT molecular complexity index is 958. The van der Waals surface area contributed by atoms with E-state index in [1.165, 1.54) is 29.7 Å². The fraction of sp³-hybridized carbons (Fsp3) is 0.600. The quantitative estimate of drug-likeness (QED) is 0.696. The topological polar surface area (TPSA) is 50.6 Å². The molecule has 6 heteroatoms. The smallest absolute Gasteiger partial charge is 0.410 e. The molecule has 5 rings (SSSR count). The van der Waals surface area contributed by atoms with Crippen LogP contribution in [-0.4, -0.2) is 50.4 Å². The maximum atomic E-state index is 13.2. The molecule has 1 aromatic heterocycles. The van der Waals surface area contributed by atoms with Gasteiger partial charge < -0.3 is 9.64 Å². The lowest BCUT2D eigenvalue weighted by Crippen LogP contribution is -2.44. The summed E-state index contributed by atoms with van der Waals surface area (Å²) in [4.78, 5) is 17.8. The Morgan fingerprint density at radius 1 is 1.23 bits per heavy atom. The van der Waals surface area contributed by atoms with Gasteiger partial charge in [-0.15, -0.1) is 0 Å². The van der Waals surface area contributed by atoms with Gasteiger partial charge in [-0.2, -0.15) is 5.10 Å². The zero-order valence-electron chi connectivity index (χ0n) is 19.2. The highest BCUT2D eigenvalue weighted by molar-refractivity contribution is 5.69. The van der Waals surface area contributed by atoms with Gasteiger partial charge in [0.05, 0.1) is 11.9 Å². The molecule has 1 aliphatic heterocycles. The number of carbonyl (C=O) groups is 1. The Balaban J connectivity index is 1.29. The fourth-order valence-corrected chi connectivity index (χ4v) is 5.07. The van der Waals surface area contributed by atoms with Crippen molar-refractivity contribution in [1.82, 2.24) is 19.6 Å². The summed E-state index contributed by atoms with van der Waals surface area (Å²) in [6.07, 6.45) is 5.23. The third kappa shape index (κ3) is 4.36. The second-order valence-electron chi connectivity index (χ2n) is 10.8. The minimum Gasteiger partial charge on any atom is -0.444 e. The molecule has 0 radical (unpaired) electrons. The van der Waals surface area contributed by atoms with E-state index in [0.717, 1.165) is 32.6 Å². The lowest BCUT2D eigenvalue weighted by Gasteiger charge is -2.32. The van der Waals surface area contributed by atoms with Crippen molar-refractivity contribution in [1.29, 1.82) is 0 Å². The number of carbonyl (C=O) groups excluding carboxylic acids is 1. The summed E-state index contributed by atoms with van der Waals surface area (Å²) in [5.41, 5.74) is 3.70. The first-order valence-electron chi connectivity index (χ1n) is 11.5. The number of amides is 1. The number of hydrogen-bond donors (Lipinski definition) is 0. The highest BCUT2D eigenvalue weighted by Crippen LogP contribution is 2.52. The largest absolute Gasteiger partial charge is 0.444 e. The van der Waals surface area contributed by atoms with Gasteiger partial charge in [-0.05, 0) is 45.6 Å². The van der Waals surface area contributed by atoms with Crippen LogP contribution in [0.3, 0.4) is 0 Å². The predicted molar refractivity (Wildman–Crippen MR) is 120 cm³/mol. The summed E-state index contributed by atoms with van der Waals surface area (Å²) >= 11 is 0. The van der Waals surface area contributed by atoms with Gasteiger partial charge in [0.15, 0.2) is 0 Å². The maximum absolute atomic E-state index is 13.2. The molecule has 2 aromatic rings. The molecule has 2 unspecified atom stereocenters. The average Bonchev–Trinajstić information content (AvgIpc) is 3.58. The summed E-state index contributed by atoms with van der Waals surface area (Å²) in [6.45, 7) is 9.60. The van der Waals surface area contributed by atoms with Gasteiger partial charge in [-0.3, -0.25) is 9.58 Å². The Labute approximate surface area is 185 Å². The fourth-order valence-electron chi connectivity index (χ4n) is 5.07. The SMILES string of the molecule is Cn1ncc2c1CN(CC1(CN(C(=O)OC(C)(C)C)C3CC3c3ccccc3)CC1)C2. The zero-order chi connectivity index (χ0) is 21.8. The molecule has 0 N–H and O–H groups in total. The van der Waals surface area contributed by atoms with Crippen molar-refractivity contribution < 1.29 is 9.53 Å². The van der Waals surface area contributed by atoms with E-state index in [1.807, 2.05) is 38.7 Å². The summed E-state index contributed by atoms with van der Waals surface area (Å²) in [7, 11) is 2.02. The number of rotatable bonds is 6. The molecule has 2 aliphatic carbocycles. The third-order valence-electron chi connectivity index (χ3n) is 6.95. The second-order valence-corrected chi connectivity index (χ2v) is 10.8. The highest BCUT2D eigenvalue weighted by Gasteiger charge is 2.52. The van der Waals surface area contributed by atoms with Crippen molar-refractivity contribution in [2.45, 2.75) is 70.7 Å². The van der Waals surface area contributed by atoms with Crippen molar-refractivity contribution in [2.24, 2.45) is 12.5 Å². The Morgan fingerprint density at radius 2 is 1.97 bits per heavy atom. The van der Waals surface area contributed by atoms with E-state index in [-0.39, 0.29) is 17.6 Å².